The summed E-state index contributed by atoms with van der Waals surface area (Å²) in [5.74, 6) is 0.242. The molecule has 0 saturated heterocycles. The van der Waals surface area contributed by atoms with E-state index >= 15 is 0 Å². The standard InChI is InChI=1S/C10H12O4/c11-4-3-10(13)8(7-12)6-9-2-1-5-14-9/h1-2,5-6,11-12H,3-4,7H2. The molecule has 0 aliphatic rings. The lowest BCUT2D eigenvalue weighted by Gasteiger charge is -1.99. The SMILES string of the molecule is O=C(CCO)C(=Cc1ccco1)CO. The first-order valence-corrected chi connectivity index (χ1v) is 4.27. The number of ketones is 1. The molecule has 0 spiro atoms. The third kappa shape index (κ3) is 2.83. The minimum absolute atomic E-state index is 0.0209. The predicted octanol–water partition coefficient (Wildman–Crippen LogP) is 0.607. The van der Waals surface area contributed by atoms with Gasteiger partial charge in [0.15, 0.2) is 5.78 Å². The van der Waals surface area contributed by atoms with Crippen molar-refractivity contribution in [3.8, 4) is 0 Å². The molecule has 1 aromatic heterocycles. The van der Waals surface area contributed by atoms with E-state index in [1.165, 1.54) is 12.3 Å². The third-order valence-electron chi connectivity index (χ3n) is 1.73. The van der Waals surface area contributed by atoms with Crippen LogP contribution in [0.1, 0.15) is 12.2 Å². The first-order chi connectivity index (χ1) is 6.77. The van der Waals surface area contributed by atoms with Crippen LogP contribution in [0, 0.1) is 0 Å². The zero-order valence-electron chi connectivity index (χ0n) is 7.64. The molecule has 0 unspecified atom stereocenters. The number of furan rings is 1. The highest BCUT2D eigenvalue weighted by Gasteiger charge is 2.08. The van der Waals surface area contributed by atoms with Gasteiger partial charge in [0.25, 0.3) is 0 Å². The van der Waals surface area contributed by atoms with Gasteiger partial charge in [-0.3, -0.25) is 4.79 Å². The van der Waals surface area contributed by atoms with Crippen molar-refractivity contribution < 1.29 is 19.4 Å². The lowest BCUT2D eigenvalue weighted by Crippen LogP contribution is -2.07. The number of hydrogen-bond acceptors (Lipinski definition) is 4. The van der Waals surface area contributed by atoms with E-state index in [2.05, 4.69) is 0 Å². The van der Waals surface area contributed by atoms with Crippen molar-refractivity contribution in [2.75, 3.05) is 13.2 Å². The molecule has 4 nitrogen and oxygen atoms in total. The fourth-order valence-electron chi connectivity index (χ4n) is 1.02. The van der Waals surface area contributed by atoms with Gasteiger partial charge in [-0.25, -0.2) is 0 Å². The van der Waals surface area contributed by atoms with E-state index in [1.807, 2.05) is 0 Å². The van der Waals surface area contributed by atoms with E-state index < -0.39 is 0 Å². The molecule has 0 aliphatic heterocycles. The van der Waals surface area contributed by atoms with E-state index in [0.29, 0.717) is 5.76 Å². The average molecular weight is 196 g/mol. The van der Waals surface area contributed by atoms with Crippen LogP contribution in [-0.2, 0) is 4.79 Å². The summed E-state index contributed by atoms with van der Waals surface area (Å²) in [6, 6.07) is 3.37. The maximum atomic E-state index is 11.3. The Kier molecular flexibility index (Phi) is 4.10. The Labute approximate surface area is 81.5 Å². The number of carbonyl (C=O) groups is 1. The molecule has 0 fully saturated rings. The van der Waals surface area contributed by atoms with Gasteiger partial charge in [0, 0.05) is 12.0 Å². The third-order valence-corrected chi connectivity index (χ3v) is 1.73. The summed E-state index contributed by atoms with van der Waals surface area (Å²) in [6.07, 6.45) is 2.97. The lowest BCUT2D eigenvalue weighted by molar-refractivity contribution is -0.116. The smallest absolute Gasteiger partial charge is 0.163 e. The predicted molar refractivity (Wildman–Crippen MR) is 50.5 cm³/mol. The Bertz CT molecular complexity index is 311. The summed E-state index contributed by atoms with van der Waals surface area (Å²) in [7, 11) is 0. The number of Topliss-reactive ketones (excluding diaryl/α,β-unsaturated/α-hetero) is 1. The molecule has 0 radical (unpaired) electrons. The highest BCUT2D eigenvalue weighted by Crippen LogP contribution is 2.09. The van der Waals surface area contributed by atoms with Crippen molar-refractivity contribution in [3.05, 3.63) is 29.7 Å². The van der Waals surface area contributed by atoms with Crippen LogP contribution >= 0.6 is 0 Å². The molecule has 0 bridgehead atoms. The number of aliphatic hydroxyl groups excluding tert-OH is 2. The van der Waals surface area contributed by atoms with Crippen molar-refractivity contribution in [2.45, 2.75) is 6.42 Å². The van der Waals surface area contributed by atoms with E-state index in [4.69, 9.17) is 14.6 Å². The van der Waals surface area contributed by atoms with Gasteiger partial charge in [-0.15, -0.1) is 0 Å². The largest absolute Gasteiger partial charge is 0.465 e. The first-order valence-electron chi connectivity index (χ1n) is 4.27. The summed E-state index contributed by atoms with van der Waals surface area (Å²) in [6.45, 7) is -0.562. The molecule has 0 atom stereocenters. The topological polar surface area (TPSA) is 70.7 Å². The first kappa shape index (κ1) is 10.7. The van der Waals surface area contributed by atoms with Gasteiger partial charge < -0.3 is 14.6 Å². The van der Waals surface area contributed by atoms with Gasteiger partial charge in [-0.05, 0) is 18.2 Å². The van der Waals surface area contributed by atoms with Crippen molar-refractivity contribution in [3.63, 3.8) is 0 Å². The molecule has 0 aromatic carbocycles. The van der Waals surface area contributed by atoms with Crippen LogP contribution < -0.4 is 0 Å². The van der Waals surface area contributed by atoms with Gasteiger partial charge >= 0.3 is 0 Å². The van der Waals surface area contributed by atoms with E-state index in [9.17, 15) is 4.79 Å². The van der Waals surface area contributed by atoms with Crippen LogP contribution in [0.4, 0.5) is 0 Å². The lowest BCUT2D eigenvalue weighted by atomic mass is 10.1. The summed E-state index contributed by atoms with van der Waals surface area (Å²) >= 11 is 0. The minimum atomic E-state index is -0.348. The Morgan fingerprint density at radius 3 is 2.79 bits per heavy atom. The number of aliphatic hydroxyl groups is 2. The van der Waals surface area contributed by atoms with Crippen molar-refractivity contribution in [1.82, 2.24) is 0 Å². The molecule has 4 heteroatoms. The Morgan fingerprint density at radius 2 is 2.29 bits per heavy atom. The summed E-state index contributed by atoms with van der Waals surface area (Å²) in [5, 5.41) is 17.5. The molecule has 0 saturated carbocycles. The van der Waals surface area contributed by atoms with E-state index in [1.54, 1.807) is 12.1 Å². The van der Waals surface area contributed by atoms with Crippen molar-refractivity contribution in [1.29, 1.82) is 0 Å². The highest BCUT2D eigenvalue weighted by atomic mass is 16.3. The van der Waals surface area contributed by atoms with Crippen LogP contribution in [-0.4, -0.2) is 29.2 Å². The quantitative estimate of drug-likeness (QED) is 0.677. The van der Waals surface area contributed by atoms with Crippen LogP contribution in [0.5, 0.6) is 0 Å². The van der Waals surface area contributed by atoms with Gasteiger partial charge in [-0.1, -0.05) is 0 Å². The maximum absolute atomic E-state index is 11.3. The van der Waals surface area contributed by atoms with Crippen LogP contribution in [0.2, 0.25) is 0 Å². The molecule has 14 heavy (non-hydrogen) atoms. The normalized spacial score (nSPS) is 11.7. The van der Waals surface area contributed by atoms with Gasteiger partial charge in [0.2, 0.25) is 0 Å². The number of hydrogen-bond donors (Lipinski definition) is 2. The Balaban J connectivity index is 2.75. The number of rotatable bonds is 5. The van der Waals surface area contributed by atoms with Gasteiger partial charge in [0.05, 0.1) is 19.5 Å². The Morgan fingerprint density at radius 1 is 1.50 bits per heavy atom. The summed E-state index contributed by atoms with van der Waals surface area (Å²) in [4.78, 5) is 11.3. The molecule has 1 rings (SSSR count). The zero-order valence-corrected chi connectivity index (χ0v) is 7.64. The van der Waals surface area contributed by atoms with Crippen LogP contribution in [0.3, 0.4) is 0 Å². The molecule has 1 heterocycles. The van der Waals surface area contributed by atoms with Crippen LogP contribution in [0.15, 0.2) is 28.4 Å². The molecule has 0 aliphatic carbocycles. The van der Waals surface area contributed by atoms with Gasteiger partial charge in [-0.2, -0.15) is 0 Å². The zero-order chi connectivity index (χ0) is 10.4. The molecule has 1 aromatic rings. The molecular weight excluding hydrogens is 184 g/mol. The molecule has 2 N–H and O–H groups in total. The Hall–Kier alpha value is -1.39. The fourth-order valence-corrected chi connectivity index (χ4v) is 1.02. The van der Waals surface area contributed by atoms with Crippen LogP contribution in [0.25, 0.3) is 6.08 Å². The van der Waals surface area contributed by atoms with E-state index in [0.717, 1.165) is 0 Å². The maximum Gasteiger partial charge on any atom is 0.163 e. The average Bonchev–Trinajstić information content (AvgIpc) is 2.66. The fraction of sp³-hybridized carbons (Fsp3) is 0.300. The summed E-state index contributed by atoms with van der Waals surface area (Å²) < 4.78 is 4.99. The van der Waals surface area contributed by atoms with E-state index in [-0.39, 0.29) is 31.0 Å². The second-order valence-electron chi connectivity index (χ2n) is 2.74. The molecule has 76 valence electrons. The second-order valence-corrected chi connectivity index (χ2v) is 2.74. The number of carbonyl (C=O) groups excluding carboxylic acids is 1. The summed E-state index contributed by atoms with van der Waals surface area (Å²) in [5.41, 5.74) is 0.244. The minimum Gasteiger partial charge on any atom is -0.465 e. The van der Waals surface area contributed by atoms with Crippen molar-refractivity contribution >= 4 is 11.9 Å². The monoisotopic (exact) mass is 196 g/mol. The van der Waals surface area contributed by atoms with Gasteiger partial charge in [0.1, 0.15) is 5.76 Å². The molecular formula is C10H12O4. The van der Waals surface area contributed by atoms with Crippen molar-refractivity contribution in [2.24, 2.45) is 0 Å². The second kappa shape index (κ2) is 5.36. The highest BCUT2D eigenvalue weighted by molar-refractivity contribution is 5.99. The molecule has 0 amide bonds.